The van der Waals surface area contributed by atoms with Crippen molar-refractivity contribution in [3.05, 3.63) is 85.5 Å². The summed E-state index contributed by atoms with van der Waals surface area (Å²) >= 11 is 0. The molecule has 2 aromatic heterocycles. The number of ether oxygens (including phenoxy) is 1. The van der Waals surface area contributed by atoms with Gasteiger partial charge in [-0.1, -0.05) is 17.6 Å². The molecule has 4 aromatic rings. The van der Waals surface area contributed by atoms with Crippen molar-refractivity contribution in [1.82, 2.24) is 18.6 Å². The maximum absolute atomic E-state index is 14.7. The Balaban J connectivity index is 1.48. The zero-order chi connectivity index (χ0) is 28.7. The lowest BCUT2D eigenvalue weighted by atomic mass is 9.96. The third-order valence-electron chi connectivity index (χ3n) is 7.59. The third kappa shape index (κ3) is 5.32. The fourth-order valence-corrected chi connectivity index (χ4v) is 5.27. The third-order valence-corrected chi connectivity index (χ3v) is 7.59. The van der Waals surface area contributed by atoms with Gasteiger partial charge in [0.2, 0.25) is 0 Å². The molecule has 2 fully saturated rings. The minimum atomic E-state index is -0.634. The number of aromatic nitrogens is 3. The van der Waals surface area contributed by atoms with Crippen molar-refractivity contribution in [2.24, 2.45) is 7.05 Å². The summed E-state index contributed by atoms with van der Waals surface area (Å²) in [5.41, 5.74) is 0.291. The number of hydrogen-bond acceptors (Lipinski definition) is 7. The van der Waals surface area contributed by atoms with E-state index in [1.165, 1.54) is 38.9 Å². The van der Waals surface area contributed by atoms with Gasteiger partial charge in [0.05, 0.1) is 30.3 Å². The maximum Gasteiger partial charge on any atom is 0.337 e. The Hall–Kier alpha value is -4.16. The van der Waals surface area contributed by atoms with Crippen molar-refractivity contribution in [2.75, 3.05) is 50.0 Å². The largest absolute Gasteiger partial charge is 0.384 e. The first-order chi connectivity index (χ1) is 19.8. The van der Waals surface area contributed by atoms with E-state index in [4.69, 9.17) is 12.6 Å². The van der Waals surface area contributed by atoms with E-state index in [-0.39, 0.29) is 33.9 Å². The Morgan fingerprint density at radius 1 is 1.02 bits per heavy atom. The molecule has 2 aliphatic rings. The van der Waals surface area contributed by atoms with Gasteiger partial charge in [0, 0.05) is 51.0 Å². The molecule has 0 atom stereocenters. The number of nitrogens with zero attached hydrogens (tertiary/aromatic N) is 4. The van der Waals surface area contributed by atoms with E-state index >= 15 is 0 Å². The summed E-state index contributed by atoms with van der Waals surface area (Å²) in [6.07, 6.45) is 1.40. The number of hydrogen-bond donors (Lipinski definition) is 2. The maximum atomic E-state index is 14.7. The van der Waals surface area contributed by atoms with Gasteiger partial charge in [0.25, 0.3) is 11.1 Å². The molecule has 1 aliphatic heterocycles. The van der Waals surface area contributed by atoms with E-state index < -0.39 is 22.6 Å². The normalized spacial score (nSPS) is 15.8. The number of pyridine rings is 1. The van der Waals surface area contributed by atoms with Crippen LogP contribution in [0.1, 0.15) is 18.9 Å². The van der Waals surface area contributed by atoms with Crippen LogP contribution in [0.3, 0.4) is 0 Å². The van der Waals surface area contributed by atoms with Crippen LogP contribution in [-0.4, -0.2) is 65.8 Å². The van der Waals surface area contributed by atoms with Crippen LogP contribution in [0.15, 0.2) is 62.9 Å². The average molecular weight is 556 g/mol. The van der Waals surface area contributed by atoms with E-state index in [9.17, 15) is 18.8 Å². The summed E-state index contributed by atoms with van der Waals surface area (Å²) in [6.45, 7) is 4.76. The number of fused-ring (bicyclic) bond motifs is 1. The van der Waals surface area contributed by atoms with E-state index in [0.717, 1.165) is 44.6 Å². The Morgan fingerprint density at radius 3 is 2.54 bits per heavy atom. The molecule has 1 aliphatic carbocycles. The van der Waals surface area contributed by atoms with Crippen molar-refractivity contribution in [2.45, 2.75) is 18.9 Å². The molecule has 0 amide bonds. The van der Waals surface area contributed by atoms with Gasteiger partial charge < -0.3 is 15.4 Å². The smallest absolute Gasteiger partial charge is 0.337 e. The fourth-order valence-electron chi connectivity index (χ4n) is 5.27. The molecule has 0 bridgehead atoms. The van der Waals surface area contributed by atoms with Gasteiger partial charge in [-0.15, -0.1) is 0 Å². The molecule has 3 heterocycles. The highest BCUT2D eigenvalue weighted by Crippen LogP contribution is 2.33. The van der Waals surface area contributed by atoms with Crippen LogP contribution in [0.5, 0.6) is 0 Å². The molecule has 12 heteroatoms. The van der Waals surface area contributed by atoms with Gasteiger partial charge in [-0.2, -0.15) is 0 Å². The number of benzene rings is 2. The molecular formula is C29H30BFN6O4. The van der Waals surface area contributed by atoms with Crippen LogP contribution in [0, 0.1) is 5.82 Å². The number of aryl methyl sites for hydroxylation is 1. The molecule has 210 valence electrons. The van der Waals surface area contributed by atoms with E-state index in [2.05, 4.69) is 15.5 Å². The second-order valence-corrected chi connectivity index (χ2v) is 10.5. The lowest BCUT2D eigenvalue weighted by Gasteiger charge is -2.26. The predicted octanol–water partition coefficient (Wildman–Crippen LogP) is 1.61. The quantitative estimate of drug-likeness (QED) is 0.318. The summed E-state index contributed by atoms with van der Waals surface area (Å²) in [4.78, 5) is 43.2. The Bertz CT molecular complexity index is 1810. The molecule has 41 heavy (non-hydrogen) atoms. The molecule has 2 radical (unpaired) electrons. The standard InChI is InChI=1S/C29H30BFN6O4/c1-34-25(38)17-24(33-23-8-5-18(30)15-22(23)31)26-27(34)36(29(40)37(28(26)39)20-6-7-20)21-4-2-3-19(16-21)32-9-10-35-11-13-41-14-12-35/h2-5,8,15-17,20,32-33H,6-7,9-14H2,1H3. The van der Waals surface area contributed by atoms with Gasteiger partial charge in [-0.25, -0.2) is 13.8 Å². The molecule has 1 saturated heterocycles. The molecule has 10 nitrogen and oxygen atoms in total. The molecule has 0 unspecified atom stereocenters. The van der Waals surface area contributed by atoms with Crippen LogP contribution in [-0.2, 0) is 11.8 Å². The topological polar surface area (TPSA) is 103 Å². The first kappa shape index (κ1) is 27.0. The summed E-state index contributed by atoms with van der Waals surface area (Å²) in [7, 11) is 7.21. The van der Waals surface area contributed by atoms with Gasteiger partial charge in [-0.3, -0.25) is 23.6 Å². The SMILES string of the molecule is [B]c1ccc(Nc2cc(=O)n(C)c3c2c(=O)n(C2CC2)c(=O)n3-c2cccc(NCCN3CCOCC3)c2)c(F)c1. The summed E-state index contributed by atoms with van der Waals surface area (Å²) in [6, 6.07) is 12.4. The second kappa shape index (κ2) is 11.0. The molecular weight excluding hydrogens is 526 g/mol. The first-order valence-corrected chi connectivity index (χ1v) is 13.7. The number of morpholine rings is 1. The summed E-state index contributed by atoms with van der Waals surface area (Å²) in [5.74, 6) is -0.634. The van der Waals surface area contributed by atoms with E-state index in [1.54, 1.807) is 6.07 Å². The van der Waals surface area contributed by atoms with Gasteiger partial charge in [-0.05, 0) is 43.2 Å². The molecule has 1 saturated carbocycles. The fraction of sp³-hybridized carbons (Fsp3) is 0.345. The molecule has 6 rings (SSSR count). The number of nitrogens with one attached hydrogen (secondary N) is 2. The molecule has 0 spiro atoms. The van der Waals surface area contributed by atoms with Crippen LogP contribution < -0.4 is 32.9 Å². The highest BCUT2D eigenvalue weighted by molar-refractivity contribution is 6.32. The zero-order valence-electron chi connectivity index (χ0n) is 22.7. The van der Waals surface area contributed by atoms with Crippen molar-refractivity contribution in [3.8, 4) is 5.69 Å². The van der Waals surface area contributed by atoms with Crippen LogP contribution >= 0.6 is 0 Å². The van der Waals surface area contributed by atoms with Gasteiger partial charge in [0.15, 0.2) is 0 Å². The van der Waals surface area contributed by atoms with Crippen molar-refractivity contribution in [3.63, 3.8) is 0 Å². The van der Waals surface area contributed by atoms with E-state index in [1.807, 2.05) is 18.2 Å². The highest BCUT2D eigenvalue weighted by atomic mass is 19.1. The van der Waals surface area contributed by atoms with Gasteiger partial charge >= 0.3 is 5.69 Å². The van der Waals surface area contributed by atoms with Crippen LogP contribution in [0.2, 0.25) is 0 Å². The zero-order valence-corrected chi connectivity index (χ0v) is 22.7. The lowest BCUT2D eigenvalue weighted by molar-refractivity contribution is 0.0398. The van der Waals surface area contributed by atoms with Crippen LogP contribution in [0.4, 0.5) is 21.5 Å². The average Bonchev–Trinajstić information content (AvgIpc) is 3.79. The van der Waals surface area contributed by atoms with Crippen molar-refractivity contribution in [1.29, 1.82) is 0 Å². The summed E-state index contributed by atoms with van der Waals surface area (Å²) in [5, 5.41) is 6.43. The number of anilines is 3. The van der Waals surface area contributed by atoms with Crippen LogP contribution in [0.25, 0.3) is 16.7 Å². The Kier molecular flexibility index (Phi) is 7.27. The monoisotopic (exact) mass is 556 g/mol. The minimum absolute atomic E-state index is 0.0512. The highest BCUT2D eigenvalue weighted by Gasteiger charge is 2.31. The second-order valence-electron chi connectivity index (χ2n) is 10.5. The van der Waals surface area contributed by atoms with Gasteiger partial charge in [0.1, 0.15) is 24.7 Å². The molecule has 2 aromatic carbocycles. The number of rotatable bonds is 8. The summed E-state index contributed by atoms with van der Waals surface area (Å²) < 4.78 is 24.1. The first-order valence-electron chi connectivity index (χ1n) is 13.7. The number of halogens is 1. The van der Waals surface area contributed by atoms with Crippen molar-refractivity contribution < 1.29 is 9.13 Å². The Morgan fingerprint density at radius 2 is 1.80 bits per heavy atom. The lowest BCUT2D eigenvalue weighted by Crippen LogP contribution is -2.41. The van der Waals surface area contributed by atoms with Crippen molar-refractivity contribution >= 4 is 41.4 Å². The minimum Gasteiger partial charge on any atom is -0.384 e. The Labute approximate surface area is 236 Å². The van der Waals surface area contributed by atoms with E-state index in [0.29, 0.717) is 25.1 Å². The molecule has 2 N–H and O–H groups in total. The predicted molar refractivity (Wildman–Crippen MR) is 158 cm³/mol.